The number of sulfonamides is 1. The summed E-state index contributed by atoms with van der Waals surface area (Å²) >= 11 is 5.64. The number of alkyl halides is 1. The molecule has 0 radical (unpaired) electrons. The summed E-state index contributed by atoms with van der Waals surface area (Å²) in [6.45, 7) is 0.538. The van der Waals surface area contributed by atoms with Crippen molar-refractivity contribution in [1.29, 1.82) is 0 Å². The first-order valence-corrected chi connectivity index (χ1v) is 8.28. The molecule has 1 aromatic carbocycles. The fourth-order valence-corrected chi connectivity index (χ4v) is 3.10. The van der Waals surface area contributed by atoms with Gasteiger partial charge in [0.1, 0.15) is 0 Å². The summed E-state index contributed by atoms with van der Waals surface area (Å²) in [5.74, 6) is 1.28. The lowest BCUT2D eigenvalue weighted by Gasteiger charge is -2.07. The summed E-state index contributed by atoms with van der Waals surface area (Å²) in [4.78, 5) is 0.330. The highest BCUT2D eigenvalue weighted by Gasteiger charge is 2.22. The summed E-state index contributed by atoms with van der Waals surface area (Å²) in [5.41, 5.74) is 1.06. The van der Waals surface area contributed by atoms with E-state index >= 15 is 0 Å². The Morgan fingerprint density at radius 3 is 2.44 bits per heavy atom. The first kappa shape index (κ1) is 13.8. The first-order valence-electron chi connectivity index (χ1n) is 6.26. The number of nitrogens with one attached hydrogen (secondary N) is 1. The number of halogens is 1. The Hall–Kier alpha value is -0.580. The van der Waals surface area contributed by atoms with Gasteiger partial charge in [-0.3, -0.25) is 0 Å². The van der Waals surface area contributed by atoms with Gasteiger partial charge in [0.25, 0.3) is 0 Å². The van der Waals surface area contributed by atoms with Gasteiger partial charge < -0.3 is 0 Å². The molecule has 0 aromatic heterocycles. The lowest BCUT2D eigenvalue weighted by molar-refractivity contribution is 0.575. The normalized spacial score (nSPS) is 15.8. The molecule has 0 aliphatic heterocycles. The van der Waals surface area contributed by atoms with E-state index in [0.29, 0.717) is 17.3 Å². The first-order chi connectivity index (χ1) is 8.62. The van der Waals surface area contributed by atoms with Gasteiger partial charge >= 0.3 is 0 Å². The maximum absolute atomic E-state index is 12.0. The Balaban J connectivity index is 1.94. The van der Waals surface area contributed by atoms with E-state index in [1.807, 2.05) is 12.1 Å². The molecule has 0 amide bonds. The molecule has 1 aliphatic rings. The standard InChI is InChI=1S/C13H18ClNO2S/c14-9-7-11-3-5-13(6-4-11)18(16,17)15-10-8-12-1-2-12/h3-6,12,15H,1-2,7-10H2. The van der Waals surface area contributed by atoms with Crippen LogP contribution in [0.2, 0.25) is 0 Å². The van der Waals surface area contributed by atoms with Crippen LogP contribution in [-0.4, -0.2) is 20.8 Å². The van der Waals surface area contributed by atoms with Gasteiger partial charge in [0.2, 0.25) is 10.0 Å². The van der Waals surface area contributed by atoms with Crippen LogP contribution in [0.25, 0.3) is 0 Å². The molecule has 1 N–H and O–H groups in total. The molecule has 0 unspecified atom stereocenters. The van der Waals surface area contributed by atoms with Crippen molar-refractivity contribution < 1.29 is 8.42 Å². The lowest BCUT2D eigenvalue weighted by atomic mass is 10.2. The third-order valence-corrected chi connectivity index (χ3v) is 4.82. The van der Waals surface area contributed by atoms with Gasteiger partial charge in [-0.2, -0.15) is 0 Å². The second kappa shape index (κ2) is 6.04. The van der Waals surface area contributed by atoms with Crippen LogP contribution in [0.3, 0.4) is 0 Å². The molecule has 0 heterocycles. The summed E-state index contributed by atoms with van der Waals surface area (Å²) < 4.78 is 26.6. The zero-order valence-electron chi connectivity index (χ0n) is 10.2. The Morgan fingerprint density at radius 1 is 1.22 bits per heavy atom. The molecule has 100 valence electrons. The molecule has 0 saturated heterocycles. The molecular formula is C13H18ClNO2S. The van der Waals surface area contributed by atoms with Crippen LogP contribution in [0.5, 0.6) is 0 Å². The molecule has 0 atom stereocenters. The molecule has 5 heteroatoms. The molecule has 2 rings (SSSR count). The minimum absolute atomic E-state index is 0.330. The van der Waals surface area contributed by atoms with Crippen LogP contribution in [0, 0.1) is 5.92 Å². The molecule has 1 saturated carbocycles. The minimum Gasteiger partial charge on any atom is -0.211 e. The van der Waals surface area contributed by atoms with E-state index in [0.717, 1.165) is 24.3 Å². The zero-order valence-corrected chi connectivity index (χ0v) is 11.8. The van der Waals surface area contributed by atoms with Gasteiger partial charge in [0.05, 0.1) is 4.90 Å². The molecule has 1 aromatic rings. The second-order valence-corrected chi connectivity index (χ2v) is 6.86. The van der Waals surface area contributed by atoms with Crippen LogP contribution < -0.4 is 4.72 Å². The van der Waals surface area contributed by atoms with Crippen LogP contribution in [-0.2, 0) is 16.4 Å². The summed E-state index contributed by atoms with van der Waals surface area (Å²) in [6.07, 6.45) is 4.20. The van der Waals surface area contributed by atoms with Crippen molar-refractivity contribution in [3.63, 3.8) is 0 Å². The average molecular weight is 288 g/mol. The van der Waals surface area contributed by atoms with Crippen molar-refractivity contribution >= 4 is 21.6 Å². The monoisotopic (exact) mass is 287 g/mol. The average Bonchev–Trinajstić information content (AvgIpc) is 3.14. The molecule has 0 bridgehead atoms. The SMILES string of the molecule is O=S(=O)(NCCC1CC1)c1ccc(CCCl)cc1. The maximum Gasteiger partial charge on any atom is 0.240 e. The number of hydrogen-bond acceptors (Lipinski definition) is 2. The van der Waals surface area contributed by atoms with Crippen LogP contribution >= 0.6 is 11.6 Å². The quantitative estimate of drug-likeness (QED) is 0.784. The third kappa shape index (κ3) is 3.97. The van der Waals surface area contributed by atoms with Crippen molar-refractivity contribution in [3.8, 4) is 0 Å². The highest BCUT2D eigenvalue weighted by Crippen LogP contribution is 2.31. The van der Waals surface area contributed by atoms with Crippen molar-refractivity contribution in [2.75, 3.05) is 12.4 Å². The number of rotatable bonds is 7. The highest BCUT2D eigenvalue weighted by molar-refractivity contribution is 7.89. The summed E-state index contributed by atoms with van der Waals surface area (Å²) in [7, 11) is -3.34. The smallest absolute Gasteiger partial charge is 0.211 e. The van der Waals surface area contributed by atoms with Crippen molar-refractivity contribution in [3.05, 3.63) is 29.8 Å². The van der Waals surface area contributed by atoms with Crippen molar-refractivity contribution in [2.45, 2.75) is 30.6 Å². The minimum atomic E-state index is -3.34. The van der Waals surface area contributed by atoms with E-state index < -0.39 is 10.0 Å². The Labute approximate surface area is 114 Å². The Bertz CT molecular complexity index is 480. The second-order valence-electron chi connectivity index (χ2n) is 4.71. The van der Waals surface area contributed by atoms with Crippen molar-refractivity contribution in [1.82, 2.24) is 4.72 Å². The number of aryl methyl sites for hydroxylation is 1. The Kier molecular flexibility index (Phi) is 4.65. The van der Waals surface area contributed by atoms with Crippen molar-refractivity contribution in [2.24, 2.45) is 5.92 Å². The molecular weight excluding hydrogens is 270 g/mol. The largest absolute Gasteiger partial charge is 0.240 e. The summed E-state index contributed by atoms with van der Waals surface area (Å²) in [5, 5.41) is 0. The predicted molar refractivity (Wildman–Crippen MR) is 73.4 cm³/mol. The van der Waals surface area contributed by atoms with E-state index in [1.54, 1.807) is 12.1 Å². The Morgan fingerprint density at radius 2 is 1.89 bits per heavy atom. The van der Waals surface area contributed by atoms with Gasteiger partial charge in [0.15, 0.2) is 0 Å². The number of benzene rings is 1. The van der Waals surface area contributed by atoms with Crippen LogP contribution in [0.1, 0.15) is 24.8 Å². The fraction of sp³-hybridized carbons (Fsp3) is 0.538. The molecule has 1 aliphatic carbocycles. The predicted octanol–water partition coefficient (Wildman–Crippen LogP) is 2.55. The van der Waals surface area contributed by atoms with Crippen LogP contribution in [0.4, 0.5) is 0 Å². The van der Waals surface area contributed by atoms with E-state index in [-0.39, 0.29) is 0 Å². The molecule has 3 nitrogen and oxygen atoms in total. The van der Waals surface area contributed by atoms with Gasteiger partial charge in [-0.1, -0.05) is 25.0 Å². The molecule has 1 fully saturated rings. The van der Waals surface area contributed by atoms with Gasteiger partial charge in [0, 0.05) is 12.4 Å². The topological polar surface area (TPSA) is 46.2 Å². The third-order valence-electron chi connectivity index (χ3n) is 3.16. The summed E-state index contributed by atoms with van der Waals surface area (Å²) in [6, 6.07) is 6.92. The molecule has 0 spiro atoms. The fourth-order valence-electron chi connectivity index (χ4n) is 1.83. The van der Waals surface area contributed by atoms with E-state index in [9.17, 15) is 8.42 Å². The molecule has 18 heavy (non-hydrogen) atoms. The van der Waals surface area contributed by atoms with Crippen LogP contribution in [0.15, 0.2) is 29.2 Å². The van der Waals surface area contributed by atoms with Gasteiger partial charge in [-0.05, 0) is 36.5 Å². The number of hydrogen-bond donors (Lipinski definition) is 1. The van der Waals surface area contributed by atoms with E-state index in [4.69, 9.17) is 11.6 Å². The van der Waals surface area contributed by atoms with E-state index in [2.05, 4.69) is 4.72 Å². The lowest BCUT2D eigenvalue weighted by Crippen LogP contribution is -2.25. The van der Waals surface area contributed by atoms with Gasteiger partial charge in [-0.15, -0.1) is 11.6 Å². The van der Waals surface area contributed by atoms with Gasteiger partial charge in [-0.25, -0.2) is 13.1 Å². The highest BCUT2D eigenvalue weighted by atomic mass is 35.5. The van der Waals surface area contributed by atoms with E-state index in [1.165, 1.54) is 12.8 Å². The zero-order chi connectivity index (χ0) is 13.0. The maximum atomic E-state index is 12.0.